The summed E-state index contributed by atoms with van der Waals surface area (Å²) in [6.45, 7) is 5.39. The Hall–Kier alpha value is -0.820. The van der Waals surface area contributed by atoms with Crippen molar-refractivity contribution in [3.05, 3.63) is 35.9 Å². The van der Waals surface area contributed by atoms with E-state index in [0.29, 0.717) is 6.04 Å². The molecule has 0 heterocycles. The first-order valence-corrected chi connectivity index (χ1v) is 4.66. The van der Waals surface area contributed by atoms with E-state index in [0.717, 1.165) is 13.0 Å². The first-order valence-electron chi connectivity index (χ1n) is 4.66. The highest BCUT2D eigenvalue weighted by molar-refractivity contribution is 5.18. The summed E-state index contributed by atoms with van der Waals surface area (Å²) in [7, 11) is 0. The fourth-order valence-electron chi connectivity index (χ4n) is 1.43. The van der Waals surface area contributed by atoms with Crippen LogP contribution < -0.4 is 5.32 Å². The van der Waals surface area contributed by atoms with Crippen molar-refractivity contribution in [2.75, 3.05) is 6.54 Å². The summed E-state index contributed by atoms with van der Waals surface area (Å²) in [5.74, 6) is 0. The molecule has 1 aromatic rings. The molecule has 12 heavy (non-hydrogen) atoms. The molecule has 1 atom stereocenters. The fraction of sp³-hybridized carbons (Fsp3) is 0.455. The smallest absolute Gasteiger partial charge is 0.0317 e. The van der Waals surface area contributed by atoms with Crippen molar-refractivity contribution in [3.8, 4) is 0 Å². The fourth-order valence-corrected chi connectivity index (χ4v) is 1.43. The second-order valence-electron chi connectivity index (χ2n) is 2.93. The van der Waals surface area contributed by atoms with Crippen LogP contribution in [0.2, 0.25) is 0 Å². The van der Waals surface area contributed by atoms with Gasteiger partial charge in [-0.25, -0.2) is 0 Å². The predicted octanol–water partition coefficient (Wildman–Crippen LogP) is 2.75. The molecule has 1 rings (SSSR count). The molecule has 0 radical (unpaired) electrons. The molecule has 1 aromatic carbocycles. The van der Waals surface area contributed by atoms with Gasteiger partial charge in [-0.15, -0.1) is 0 Å². The standard InChI is InChI=1S/C11H17N/c1-3-11(12-4-2)10-8-6-5-7-9-10/h5-9,11-12H,3-4H2,1-2H3. The van der Waals surface area contributed by atoms with Crippen LogP contribution in [0, 0.1) is 0 Å². The Labute approximate surface area is 74.8 Å². The van der Waals surface area contributed by atoms with Gasteiger partial charge < -0.3 is 5.32 Å². The molecule has 1 unspecified atom stereocenters. The Kier molecular flexibility index (Phi) is 3.81. The Morgan fingerprint density at radius 1 is 1.17 bits per heavy atom. The molecular formula is C11H17N. The maximum atomic E-state index is 3.45. The zero-order chi connectivity index (χ0) is 8.81. The van der Waals surface area contributed by atoms with Crippen LogP contribution in [0.25, 0.3) is 0 Å². The molecule has 0 aliphatic heterocycles. The van der Waals surface area contributed by atoms with Crippen LogP contribution in [0.3, 0.4) is 0 Å². The molecule has 0 aromatic heterocycles. The summed E-state index contributed by atoms with van der Waals surface area (Å²) in [4.78, 5) is 0. The second-order valence-corrected chi connectivity index (χ2v) is 2.93. The van der Waals surface area contributed by atoms with Gasteiger partial charge in [0.2, 0.25) is 0 Å². The third kappa shape index (κ3) is 2.35. The molecule has 1 heteroatoms. The normalized spacial score (nSPS) is 12.8. The van der Waals surface area contributed by atoms with Crippen molar-refractivity contribution < 1.29 is 0 Å². The molecule has 0 saturated heterocycles. The van der Waals surface area contributed by atoms with E-state index in [1.54, 1.807) is 0 Å². The highest BCUT2D eigenvalue weighted by atomic mass is 14.9. The van der Waals surface area contributed by atoms with Gasteiger partial charge in [0.25, 0.3) is 0 Å². The topological polar surface area (TPSA) is 12.0 Å². The lowest BCUT2D eigenvalue weighted by Crippen LogP contribution is -2.19. The Balaban J connectivity index is 2.66. The SMILES string of the molecule is CCNC(CC)c1ccccc1. The van der Waals surface area contributed by atoms with E-state index in [4.69, 9.17) is 0 Å². The van der Waals surface area contributed by atoms with Crippen LogP contribution >= 0.6 is 0 Å². The van der Waals surface area contributed by atoms with Crippen molar-refractivity contribution in [1.82, 2.24) is 5.32 Å². The summed E-state index contributed by atoms with van der Waals surface area (Å²) in [6.07, 6.45) is 1.15. The summed E-state index contributed by atoms with van der Waals surface area (Å²) in [5, 5.41) is 3.45. The zero-order valence-electron chi connectivity index (χ0n) is 7.88. The second kappa shape index (κ2) is 4.94. The summed E-state index contributed by atoms with van der Waals surface area (Å²) in [6, 6.07) is 11.1. The Morgan fingerprint density at radius 2 is 1.83 bits per heavy atom. The Bertz CT molecular complexity index is 206. The van der Waals surface area contributed by atoms with Gasteiger partial charge in [-0.05, 0) is 18.5 Å². The van der Waals surface area contributed by atoms with E-state index in [1.165, 1.54) is 5.56 Å². The van der Waals surface area contributed by atoms with Crippen molar-refractivity contribution in [3.63, 3.8) is 0 Å². The third-order valence-electron chi connectivity index (χ3n) is 2.06. The van der Waals surface area contributed by atoms with E-state index in [1.807, 2.05) is 0 Å². The van der Waals surface area contributed by atoms with Crippen molar-refractivity contribution in [2.24, 2.45) is 0 Å². The van der Waals surface area contributed by atoms with Crippen molar-refractivity contribution >= 4 is 0 Å². The van der Waals surface area contributed by atoms with E-state index >= 15 is 0 Å². The highest BCUT2D eigenvalue weighted by Gasteiger charge is 2.04. The summed E-state index contributed by atoms with van der Waals surface area (Å²) in [5.41, 5.74) is 1.39. The van der Waals surface area contributed by atoms with Crippen LogP contribution in [-0.4, -0.2) is 6.54 Å². The molecule has 1 nitrogen and oxygen atoms in total. The third-order valence-corrected chi connectivity index (χ3v) is 2.06. The van der Waals surface area contributed by atoms with Gasteiger partial charge in [-0.2, -0.15) is 0 Å². The molecule has 0 bridgehead atoms. The largest absolute Gasteiger partial charge is 0.310 e. The van der Waals surface area contributed by atoms with Crippen LogP contribution in [0.5, 0.6) is 0 Å². The number of hydrogen-bond donors (Lipinski definition) is 1. The van der Waals surface area contributed by atoms with Gasteiger partial charge in [-0.1, -0.05) is 44.2 Å². The lowest BCUT2D eigenvalue weighted by atomic mass is 10.1. The van der Waals surface area contributed by atoms with Gasteiger partial charge in [0.15, 0.2) is 0 Å². The van der Waals surface area contributed by atoms with E-state index < -0.39 is 0 Å². The van der Waals surface area contributed by atoms with Gasteiger partial charge in [-0.3, -0.25) is 0 Å². The minimum absolute atomic E-state index is 0.524. The maximum absolute atomic E-state index is 3.45. The first kappa shape index (κ1) is 9.27. The quantitative estimate of drug-likeness (QED) is 0.719. The van der Waals surface area contributed by atoms with Gasteiger partial charge in [0.05, 0.1) is 0 Å². The molecule has 66 valence electrons. The average Bonchev–Trinajstić information content (AvgIpc) is 2.15. The van der Waals surface area contributed by atoms with E-state index in [2.05, 4.69) is 49.5 Å². The monoisotopic (exact) mass is 163 g/mol. The van der Waals surface area contributed by atoms with Crippen LogP contribution in [0.15, 0.2) is 30.3 Å². The molecule has 0 spiro atoms. The van der Waals surface area contributed by atoms with Crippen molar-refractivity contribution in [1.29, 1.82) is 0 Å². The van der Waals surface area contributed by atoms with E-state index in [-0.39, 0.29) is 0 Å². The maximum Gasteiger partial charge on any atom is 0.0317 e. The number of nitrogens with one attached hydrogen (secondary N) is 1. The predicted molar refractivity (Wildman–Crippen MR) is 53.2 cm³/mol. The molecular weight excluding hydrogens is 146 g/mol. The molecule has 0 saturated carbocycles. The minimum Gasteiger partial charge on any atom is -0.310 e. The summed E-state index contributed by atoms with van der Waals surface area (Å²) < 4.78 is 0. The van der Waals surface area contributed by atoms with Gasteiger partial charge in [0.1, 0.15) is 0 Å². The molecule has 0 fully saturated rings. The minimum atomic E-state index is 0.524. The zero-order valence-corrected chi connectivity index (χ0v) is 7.88. The van der Waals surface area contributed by atoms with Crippen molar-refractivity contribution in [2.45, 2.75) is 26.3 Å². The average molecular weight is 163 g/mol. The van der Waals surface area contributed by atoms with Gasteiger partial charge in [0, 0.05) is 6.04 Å². The van der Waals surface area contributed by atoms with Crippen LogP contribution in [0.1, 0.15) is 31.9 Å². The summed E-state index contributed by atoms with van der Waals surface area (Å²) >= 11 is 0. The lowest BCUT2D eigenvalue weighted by molar-refractivity contribution is 0.537. The lowest BCUT2D eigenvalue weighted by Gasteiger charge is -2.15. The molecule has 0 aliphatic rings. The highest BCUT2D eigenvalue weighted by Crippen LogP contribution is 2.14. The first-order chi connectivity index (χ1) is 5.88. The number of rotatable bonds is 4. The van der Waals surface area contributed by atoms with Crippen LogP contribution in [-0.2, 0) is 0 Å². The van der Waals surface area contributed by atoms with Gasteiger partial charge >= 0.3 is 0 Å². The number of hydrogen-bond acceptors (Lipinski definition) is 1. The Morgan fingerprint density at radius 3 is 2.33 bits per heavy atom. The van der Waals surface area contributed by atoms with Crippen LogP contribution in [0.4, 0.5) is 0 Å². The molecule has 0 amide bonds. The molecule has 1 N–H and O–H groups in total. The van der Waals surface area contributed by atoms with E-state index in [9.17, 15) is 0 Å². The number of benzene rings is 1. The molecule has 0 aliphatic carbocycles.